The van der Waals surface area contributed by atoms with E-state index in [2.05, 4.69) is 32.9 Å². The molecule has 1 aromatic rings. The van der Waals surface area contributed by atoms with Gasteiger partial charge in [-0.25, -0.2) is 0 Å². The van der Waals surface area contributed by atoms with Gasteiger partial charge in [-0.2, -0.15) is 5.10 Å². The summed E-state index contributed by atoms with van der Waals surface area (Å²) in [6.07, 6.45) is 1.08. The topological polar surface area (TPSA) is 50.5 Å². The molecule has 1 aliphatic rings. The fraction of sp³-hybridized carbons (Fsp3) is 0.786. The van der Waals surface area contributed by atoms with Crippen LogP contribution in [0.25, 0.3) is 0 Å². The molecule has 5 nitrogen and oxygen atoms in total. The summed E-state index contributed by atoms with van der Waals surface area (Å²) in [5, 5.41) is 14.8. The Balaban J connectivity index is 1.98. The third-order valence-corrected chi connectivity index (χ3v) is 4.84. The monoisotopic (exact) mass is 345 g/mol. The molecule has 0 radical (unpaired) electrons. The molecule has 1 aliphatic heterocycles. The second kappa shape index (κ2) is 7.02. The van der Waals surface area contributed by atoms with Gasteiger partial charge in [0.25, 0.3) is 0 Å². The number of nitrogens with zero attached hydrogens (tertiary/aromatic N) is 3. The predicted octanol–water partition coefficient (Wildman–Crippen LogP) is 1.51. The summed E-state index contributed by atoms with van der Waals surface area (Å²) in [6, 6.07) is 0. The molecule has 6 heteroatoms. The van der Waals surface area contributed by atoms with Crippen molar-refractivity contribution in [3.63, 3.8) is 0 Å². The van der Waals surface area contributed by atoms with Gasteiger partial charge in [0.05, 0.1) is 34.7 Å². The van der Waals surface area contributed by atoms with Gasteiger partial charge in [0.1, 0.15) is 0 Å². The van der Waals surface area contributed by atoms with Gasteiger partial charge < -0.3 is 9.84 Å². The summed E-state index contributed by atoms with van der Waals surface area (Å²) < 4.78 is 8.55. The number of hydrogen-bond acceptors (Lipinski definition) is 4. The molecular weight excluding hydrogens is 322 g/mol. The second-order valence-electron chi connectivity index (χ2n) is 5.45. The van der Waals surface area contributed by atoms with E-state index in [0.29, 0.717) is 13.0 Å². The maximum atomic E-state index is 10.5. The Bertz CT molecular complexity index is 448. The zero-order valence-corrected chi connectivity index (χ0v) is 14.1. The molecule has 1 N–H and O–H groups in total. The van der Waals surface area contributed by atoms with Crippen LogP contribution in [0.4, 0.5) is 0 Å². The molecule has 2 heterocycles. The number of ether oxygens (including phenoxy) is 1. The number of halogens is 1. The first-order valence-corrected chi connectivity index (χ1v) is 8.02. The van der Waals surface area contributed by atoms with E-state index in [9.17, 15) is 5.11 Å². The van der Waals surface area contributed by atoms with Crippen molar-refractivity contribution in [3.05, 3.63) is 15.9 Å². The van der Waals surface area contributed by atoms with Crippen molar-refractivity contribution >= 4 is 15.9 Å². The Kier molecular flexibility index (Phi) is 5.60. The van der Waals surface area contributed by atoms with Gasteiger partial charge in [-0.15, -0.1) is 0 Å². The van der Waals surface area contributed by atoms with Crippen LogP contribution in [0.5, 0.6) is 0 Å². The number of aryl methyl sites for hydroxylation is 2. The maximum absolute atomic E-state index is 10.5. The highest BCUT2D eigenvalue weighted by Gasteiger charge is 2.28. The van der Waals surface area contributed by atoms with Crippen LogP contribution in [-0.2, 0) is 18.2 Å². The molecule has 0 saturated carbocycles. The molecule has 114 valence electrons. The minimum Gasteiger partial charge on any atom is -0.390 e. The minimum atomic E-state index is -0.499. The summed E-state index contributed by atoms with van der Waals surface area (Å²) in [5.74, 6) is 0. The molecule has 0 aliphatic carbocycles. The number of rotatable bonds is 5. The minimum absolute atomic E-state index is 0.114. The highest BCUT2D eigenvalue weighted by atomic mass is 79.9. The molecule has 0 bridgehead atoms. The van der Waals surface area contributed by atoms with Crippen molar-refractivity contribution in [1.29, 1.82) is 0 Å². The quantitative estimate of drug-likeness (QED) is 0.878. The first-order valence-electron chi connectivity index (χ1n) is 7.23. The summed E-state index contributed by atoms with van der Waals surface area (Å²) in [7, 11) is 1.91. The van der Waals surface area contributed by atoms with E-state index in [1.807, 2.05) is 18.7 Å². The lowest BCUT2D eigenvalue weighted by Gasteiger charge is -2.35. The molecule has 2 atom stereocenters. The van der Waals surface area contributed by atoms with Gasteiger partial charge in [0.2, 0.25) is 0 Å². The number of morpholine rings is 1. The van der Waals surface area contributed by atoms with Gasteiger partial charge in [-0.3, -0.25) is 9.58 Å². The van der Waals surface area contributed by atoms with Crippen molar-refractivity contribution in [3.8, 4) is 0 Å². The third-order valence-electron chi connectivity index (χ3n) is 3.81. The van der Waals surface area contributed by atoms with E-state index in [0.717, 1.165) is 41.9 Å². The van der Waals surface area contributed by atoms with E-state index in [4.69, 9.17) is 4.74 Å². The van der Waals surface area contributed by atoms with E-state index >= 15 is 0 Å². The molecule has 0 amide bonds. The standard InChI is InChI=1S/C14H24BrN3O2/c1-4-5-18-6-7-20-13(9-18)12(19)8-11-14(15)10(2)16-17(11)3/h12-13,19H,4-9H2,1-3H3. The van der Waals surface area contributed by atoms with Crippen LogP contribution in [0.3, 0.4) is 0 Å². The second-order valence-corrected chi connectivity index (χ2v) is 6.24. The van der Waals surface area contributed by atoms with Crippen LogP contribution in [0.15, 0.2) is 4.47 Å². The molecule has 20 heavy (non-hydrogen) atoms. The van der Waals surface area contributed by atoms with E-state index in [1.54, 1.807) is 0 Å². The first-order chi connectivity index (χ1) is 9.52. The van der Waals surface area contributed by atoms with Gasteiger partial charge in [-0.05, 0) is 35.8 Å². The van der Waals surface area contributed by atoms with E-state index in [1.165, 1.54) is 0 Å². The van der Waals surface area contributed by atoms with Crippen molar-refractivity contribution in [2.45, 2.75) is 38.9 Å². The number of hydrogen-bond donors (Lipinski definition) is 1. The van der Waals surface area contributed by atoms with Gasteiger partial charge in [0.15, 0.2) is 0 Å². The predicted molar refractivity (Wildman–Crippen MR) is 81.8 cm³/mol. The van der Waals surface area contributed by atoms with Gasteiger partial charge >= 0.3 is 0 Å². The van der Waals surface area contributed by atoms with Crippen LogP contribution in [0.1, 0.15) is 24.7 Å². The average Bonchev–Trinajstić information content (AvgIpc) is 2.66. The lowest BCUT2D eigenvalue weighted by Crippen LogP contribution is -2.48. The van der Waals surface area contributed by atoms with Gasteiger partial charge in [0, 0.05) is 26.6 Å². The molecule has 1 fully saturated rings. The third kappa shape index (κ3) is 3.61. The molecule has 1 saturated heterocycles. The lowest BCUT2D eigenvalue weighted by atomic mass is 10.1. The maximum Gasteiger partial charge on any atom is 0.0964 e. The van der Waals surface area contributed by atoms with Crippen LogP contribution in [0, 0.1) is 6.92 Å². The molecule has 0 spiro atoms. The summed E-state index contributed by atoms with van der Waals surface area (Å²) in [6.45, 7) is 7.68. The fourth-order valence-corrected chi connectivity index (χ4v) is 3.21. The van der Waals surface area contributed by atoms with Crippen molar-refractivity contribution in [2.75, 3.05) is 26.2 Å². The SMILES string of the molecule is CCCN1CCOC(C(O)Cc2c(Br)c(C)nn2C)C1. The fourth-order valence-electron chi connectivity index (χ4n) is 2.72. The largest absolute Gasteiger partial charge is 0.390 e. The average molecular weight is 346 g/mol. The Hall–Kier alpha value is -0.430. The highest BCUT2D eigenvalue weighted by molar-refractivity contribution is 9.10. The van der Waals surface area contributed by atoms with Crippen LogP contribution >= 0.6 is 15.9 Å². The van der Waals surface area contributed by atoms with E-state index < -0.39 is 6.10 Å². The lowest BCUT2D eigenvalue weighted by molar-refractivity contribution is -0.0881. The van der Waals surface area contributed by atoms with Crippen LogP contribution in [-0.4, -0.2) is 58.2 Å². The van der Waals surface area contributed by atoms with Crippen LogP contribution in [0.2, 0.25) is 0 Å². The zero-order valence-electron chi connectivity index (χ0n) is 12.5. The number of aromatic nitrogens is 2. The molecule has 0 aromatic carbocycles. The molecule has 2 unspecified atom stereocenters. The Labute approximate surface area is 129 Å². The summed E-state index contributed by atoms with van der Waals surface area (Å²) in [5.41, 5.74) is 1.97. The smallest absolute Gasteiger partial charge is 0.0964 e. The normalized spacial score (nSPS) is 22.1. The molecule has 2 rings (SSSR count). The van der Waals surface area contributed by atoms with Crippen molar-refractivity contribution in [2.24, 2.45) is 7.05 Å². The van der Waals surface area contributed by atoms with Crippen LogP contribution < -0.4 is 0 Å². The number of aliphatic hydroxyl groups is 1. The van der Waals surface area contributed by atoms with Crippen molar-refractivity contribution < 1.29 is 9.84 Å². The van der Waals surface area contributed by atoms with Crippen molar-refractivity contribution in [1.82, 2.24) is 14.7 Å². The Morgan fingerprint density at radius 1 is 1.55 bits per heavy atom. The summed E-state index contributed by atoms with van der Waals surface area (Å²) >= 11 is 3.54. The zero-order chi connectivity index (χ0) is 14.7. The summed E-state index contributed by atoms with van der Waals surface area (Å²) in [4.78, 5) is 2.36. The highest BCUT2D eigenvalue weighted by Crippen LogP contribution is 2.23. The Morgan fingerprint density at radius 2 is 2.30 bits per heavy atom. The first kappa shape index (κ1) is 15.9. The van der Waals surface area contributed by atoms with Gasteiger partial charge in [-0.1, -0.05) is 6.92 Å². The van der Waals surface area contributed by atoms with E-state index in [-0.39, 0.29) is 6.10 Å². The molecular formula is C14H24BrN3O2. The Morgan fingerprint density at radius 3 is 2.90 bits per heavy atom. The molecule has 1 aromatic heterocycles. The number of aliphatic hydroxyl groups excluding tert-OH is 1.